The first-order valence-corrected chi connectivity index (χ1v) is 12.8. The van der Waals surface area contributed by atoms with Gasteiger partial charge in [0.1, 0.15) is 5.75 Å². The fourth-order valence-electron chi connectivity index (χ4n) is 4.79. The van der Waals surface area contributed by atoms with Crippen molar-refractivity contribution < 1.29 is 14.3 Å². The number of amides is 1. The van der Waals surface area contributed by atoms with E-state index in [9.17, 15) is 4.79 Å². The summed E-state index contributed by atoms with van der Waals surface area (Å²) in [6.45, 7) is 5.72. The van der Waals surface area contributed by atoms with E-state index in [1.807, 2.05) is 49.4 Å². The van der Waals surface area contributed by atoms with Gasteiger partial charge in [-0.3, -0.25) is 4.79 Å². The maximum atomic E-state index is 12.4. The molecule has 8 heteroatoms. The number of rotatable bonds is 8. The average molecular weight is 488 g/mol. The van der Waals surface area contributed by atoms with Gasteiger partial charge in [-0.2, -0.15) is 0 Å². The van der Waals surface area contributed by atoms with Crippen LogP contribution >= 0.6 is 0 Å². The lowest BCUT2D eigenvalue weighted by Gasteiger charge is -2.30. The highest BCUT2D eigenvalue weighted by Crippen LogP contribution is 2.33. The summed E-state index contributed by atoms with van der Waals surface area (Å²) in [7, 11) is 0. The number of carbonyl (C=O) groups excluding carboxylic acids is 1. The van der Waals surface area contributed by atoms with Crippen LogP contribution in [-0.2, 0) is 9.53 Å². The van der Waals surface area contributed by atoms with Crippen LogP contribution < -0.4 is 20.3 Å². The van der Waals surface area contributed by atoms with E-state index in [1.54, 1.807) is 6.20 Å². The first-order chi connectivity index (χ1) is 17.7. The van der Waals surface area contributed by atoms with E-state index in [1.165, 1.54) is 0 Å². The Kier molecular flexibility index (Phi) is 7.61. The Morgan fingerprint density at radius 1 is 1.06 bits per heavy atom. The van der Waals surface area contributed by atoms with Crippen molar-refractivity contribution in [3.8, 4) is 17.0 Å². The molecule has 2 aromatic carbocycles. The number of morpholine rings is 1. The van der Waals surface area contributed by atoms with Crippen LogP contribution in [0.15, 0.2) is 54.7 Å². The van der Waals surface area contributed by atoms with E-state index in [2.05, 4.69) is 26.6 Å². The molecular formula is C28H33N5O3. The van der Waals surface area contributed by atoms with Crippen LogP contribution in [0.25, 0.3) is 11.3 Å². The van der Waals surface area contributed by atoms with Crippen molar-refractivity contribution >= 4 is 28.9 Å². The minimum absolute atomic E-state index is 0.125. The van der Waals surface area contributed by atoms with Gasteiger partial charge in [0.05, 0.1) is 31.2 Å². The molecule has 1 amide bonds. The fourth-order valence-corrected chi connectivity index (χ4v) is 4.79. The van der Waals surface area contributed by atoms with Gasteiger partial charge in [0.25, 0.3) is 0 Å². The van der Waals surface area contributed by atoms with E-state index >= 15 is 0 Å². The number of hydrogen-bond acceptors (Lipinski definition) is 7. The first-order valence-electron chi connectivity index (χ1n) is 12.8. The van der Waals surface area contributed by atoms with Crippen LogP contribution in [0, 0.1) is 5.92 Å². The minimum Gasteiger partial charge on any atom is -0.492 e. The largest absolute Gasteiger partial charge is 0.492 e. The van der Waals surface area contributed by atoms with Crippen LogP contribution in [0.1, 0.15) is 32.6 Å². The average Bonchev–Trinajstić information content (AvgIpc) is 3.46. The number of hydrogen-bond donors (Lipinski definition) is 2. The fraction of sp³-hybridized carbons (Fsp3) is 0.393. The number of ether oxygens (including phenoxy) is 2. The summed E-state index contributed by atoms with van der Waals surface area (Å²) >= 11 is 0. The molecule has 1 aliphatic heterocycles. The molecule has 0 spiro atoms. The van der Waals surface area contributed by atoms with Crippen LogP contribution in [-0.4, -0.2) is 48.8 Å². The molecule has 36 heavy (non-hydrogen) atoms. The Balaban J connectivity index is 1.28. The summed E-state index contributed by atoms with van der Waals surface area (Å²) in [5.74, 6) is 1.61. The summed E-state index contributed by atoms with van der Waals surface area (Å²) in [5, 5.41) is 6.35. The number of aromatic nitrogens is 2. The van der Waals surface area contributed by atoms with Crippen LogP contribution in [0.4, 0.5) is 23.0 Å². The van der Waals surface area contributed by atoms with E-state index in [-0.39, 0.29) is 11.8 Å². The zero-order chi connectivity index (χ0) is 24.7. The lowest BCUT2D eigenvalue weighted by Crippen LogP contribution is -2.36. The first kappa shape index (κ1) is 24.1. The molecule has 2 aliphatic rings. The number of nitrogens with zero attached hydrogens (tertiary/aromatic N) is 3. The Hall–Kier alpha value is -3.65. The molecule has 5 rings (SSSR count). The summed E-state index contributed by atoms with van der Waals surface area (Å²) in [6, 6.07) is 15.8. The second-order valence-electron chi connectivity index (χ2n) is 9.15. The highest BCUT2D eigenvalue weighted by Gasteiger charge is 2.22. The van der Waals surface area contributed by atoms with Crippen LogP contribution in [0.5, 0.6) is 5.75 Å². The second-order valence-corrected chi connectivity index (χ2v) is 9.15. The number of anilines is 4. The molecule has 8 nitrogen and oxygen atoms in total. The normalized spacial score (nSPS) is 16.1. The summed E-state index contributed by atoms with van der Waals surface area (Å²) in [5.41, 5.74) is 4.50. The van der Waals surface area contributed by atoms with Crippen molar-refractivity contribution in [3.63, 3.8) is 0 Å². The maximum absolute atomic E-state index is 12.4. The molecule has 2 N–H and O–H groups in total. The highest BCUT2D eigenvalue weighted by molar-refractivity contribution is 5.92. The van der Waals surface area contributed by atoms with Gasteiger partial charge < -0.3 is 25.0 Å². The molecule has 1 aliphatic carbocycles. The predicted molar refractivity (Wildman–Crippen MR) is 142 cm³/mol. The molecule has 2 heterocycles. The molecule has 0 bridgehead atoms. The lowest BCUT2D eigenvalue weighted by molar-refractivity contribution is -0.119. The monoisotopic (exact) mass is 487 g/mol. The molecule has 1 saturated carbocycles. The zero-order valence-electron chi connectivity index (χ0n) is 20.7. The van der Waals surface area contributed by atoms with Gasteiger partial charge >= 0.3 is 0 Å². The molecule has 0 atom stereocenters. The summed E-state index contributed by atoms with van der Waals surface area (Å²) < 4.78 is 11.4. The standard InChI is InChI=1S/C28H33N5O3/c1-2-36-26-19-23(11-12-25(26)33-15-17-35-18-16-33)31-28-29-14-13-24(32-28)20-7-9-22(10-8-20)30-27(34)21-5-3-4-6-21/h7-14,19,21H,2-6,15-18H2,1H3,(H,30,34)(H,29,31,32). The molecule has 2 fully saturated rings. The Morgan fingerprint density at radius 2 is 1.81 bits per heavy atom. The van der Waals surface area contributed by atoms with E-state index < -0.39 is 0 Å². The van der Waals surface area contributed by atoms with Crippen molar-refractivity contribution in [2.75, 3.05) is 48.4 Å². The zero-order valence-corrected chi connectivity index (χ0v) is 20.7. The third-order valence-electron chi connectivity index (χ3n) is 6.70. The van der Waals surface area contributed by atoms with Gasteiger partial charge in [-0.05, 0) is 50.1 Å². The maximum Gasteiger partial charge on any atom is 0.227 e. The van der Waals surface area contributed by atoms with Gasteiger partial charge in [-0.15, -0.1) is 0 Å². The summed E-state index contributed by atoms with van der Waals surface area (Å²) in [4.78, 5) is 23.8. The molecule has 188 valence electrons. The van der Waals surface area contributed by atoms with Crippen molar-refractivity contribution in [3.05, 3.63) is 54.7 Å². The van der Waals surface area contributed by atoms with Gasteiger partial charge in [0.15, 0.2) is 0 Å². The van der Waals surface area contributed by atoms with E-state index in [0.717, 1.165) is 86.1 Å². The predicted octanol–water partition coefficient (Wildman–Crippen LogP) is 5.25. The van der Waals surface area contributed by atoms with Crippen molar-refractivity contribution in [2.45, 2.75) is 32.6 Å². The number of nitrogens with one attached hydrogen (secondary N) is 2. The number of benzene rings is 2. The van der Waals surface area contributed by atoms with Crippen molar-refractivity contribution in [2.24, 2.45) is 5.92 Å². The van der Waals surface area contributed by atoms with Crippen molar-refractivity contribution in [1.29, 1.82) is 0 Å². The summed E-state index contributed by atoms with van der Waals surface area (Å²) in [6.07, 6.45) is 6.01. The quantitative estimate of drug-likeness (QED) is 0.449. The topological polar surface area (TPSA) is 88.6 Å². The van der Waals surface area contributed by atoms with Gasteiger partial charge in [-0.25, -0.2) is 9.97 Å². The minimum atomic E-state index is 0.125. The van der Waals surface area contributed by atoms with Crippen molar-refractivity contribution in [1.82, 2.24) is 9.97 Å². The van der Waals surface area contributed by atoms with E-state index in [4.69, 9.17) is 14.5 Å². The molecule has 3 aromatic rings. The second kappa shape index (κ2) is 11.4. The molecule has 0 unspecified atom stereocenters. The van der Waals surface area contributed by atoms with E-state index in [0.29, 0.717) is 12.6 Å². The number of carbonyl (C=O) groups is 1. The Labute approximate surface area is 212 Å². The Bertz CT molecular complexity index is 1170. The third kappa shape index (κ3) is 5.76. The van der Waals surface area contributed by atoms with Crippen LogP contribution in [0.3, 0.4) is 0 Å². The third-order valence-corrected chi connectivity index (χ3v) is 6.70. The SMILES string of the molecule is CCOc1cc(Nc2nccc(-c3ccc(NC(=O)C4CCCC4)cc3)n2)ccc1N1CCOCC1. The van der Waals surface area contributed by atoms with Gasteiger partial charge in [-0.1, -0.05) is 25.0 Å². The molecule has 1 saturated heterocycles. The van der Waals surface area contributed by atoms with Gasteiger partial charge in [0, 0.05) is 48.2 Å². The smallest absolute Gasteiger partial charge is 0.227 e. The Morgan fingerprint density at radius 3 is 2.56 bits per heavy atom. The molecular weight excluding hydrogens is 454 g/mol. The van der Waals surface area contributed by atoms with Gasteiger partial charge in [0.2, 0.25) is 11.9 Å². The molecule has 0 radical (unpaired) electrons. The van der Waals surface area contributed by atoms with Crippen LogP contribution in [0.2, 0.25) is 0 Å². The molecule has 1 aromatic heterocycles. The highest BCUT2D eigenvalue weighted by atomic mass is 16.5. The lowest BCUT2D eigenvalue weighted by atomic mass is 10.1.